The zero-order valence-electron chi connectivity index (χ0n) is 6.41. The maximum Gasteiger partial charge on any atom is 0.293 e. The normalized spacial score (nSPS) is 8.73. The molecule has 0 aromatic rings. The molecular formula is C8H12O3. The average Bonchev–Trinajstić information content (AvgIpc) is 2.01. The van der Waals surface area contributed by atoms with Crippen LogP contribution in [-0.2, 0) is 14.3 Å². The topological polar surface area (TPSA) is 43.4 Å². The van der Waals surface area contributed by atoms with E-state index in [1.165, 1.54) is 0 Å². The first-order valence-corrected chi connectivity index (χ1v) is 3.49. The maximum absolute atomic E-state index is 10.8. The molecule has 0 aromatic heterocycles. The Labute approximate surface area is 66.0 Å². The van der Waals surface area contributed by atoms with Crippen molar-refractivity contribution >= 4 is 12.3 Å². The molecule has 0 spiro atoms. The Morgan fingerprint density at radius 2 is 2.18 bits per heavy atom. The van der Waals surface area contributed by atoms with Gasteiger partial charge in [0.1, 0.15) is 5.78 Å². The summed E-state index contributed by atoms with van der Waals surface area (Å²) in [6.07, 6.45) is 3.19. The fourth-order valence-corrected chi connectivity index (χ4v) is 0.609. The molecule has 11 heavy (non-hydrogen) atoms. The number of Topliss-reactive ketones (excluding diaryl/α,β-unsaturated/α-hetero) is 1. The van der Waals surface area contributed by atoms with E-state index in [0.717, 1.165) is 0 Å². The van der Waals surface area contributed by atoms with E-state index < -0.39 is 0 Å². The molecule has 0 aliphatic carbocycles. The first-order chi connectivity index (χ1) is 5.31. The van der Waals surface area contributed by atoms with Crippen LogP contribution in [0.1, 0.15) is 19.3 Å². The summed E-state index contributed by atoms with van der Waals surface area (Å²) in [7, 11) is 0. The highest BCUT2D eigenvalue weighted by atomic mass is 16.5. The predicted octanol–water partition coefficient (Wildman–Crippen LogP) is 1.08. The van der Waals surface area contributed by atoms with Crippen LogP contribution >= 0.6 is 0 Å². The highest BCUT2D eigenvalue weighted by molar-refractivity contribution is 5.78. The molecule has 3 heteroatoms. The maximum atomic E-state index is 10.8. The summed E-state index contributed by atoms with van der Waals surface area (Å²) >= 11 is 0. The minimum atomic E-state index is 0.103. The van der Waals surface area contributed by atoms with Gasteiger partial charge < -0.3 is 4.74 Å². The number of allylic oxidation sites excluding steroid dienone is 1. The Morgan fingerprint density at radius 3 is 2.73 bits per heavy atom. The van der Waals surface area contributed by atoms with Gasteiger partial charge in [-0.05, 0) is 6.42 Å². The van der Waals surface area contributed by atoms with Crippen molar-refractivity contribution in [2.75, 3.05) is 6.61 Å². The fraction of sp³-hybridized carbons (Fsp3) is 0.500. The van der Waals surface area contributed by atoms with Crippen molar-refractivity contribution in [2.45, 2.75) is 19.3 Å². The molecule has 0 heterocycles. The van der Waals surface area contributed by atoms with Gasteiger partial charge in [0.2, 0.25) is 0 Å². The Morgan fingerprint density at radius 1 is 1.45 bits per heavy atom. The Hall–Kier alpha value is -1.12. The molecule has 0 amide bonds. The Kier molecular flexibility index (Phi) is 6.28. The largest absolute Gasteiger partial charge is 0.467 e. The lowest BCUT2D eigenvalue weighted by Gasteiger charge is -1.96. The van der Waals surface area contributed by atoms with E-state index in [-0.39, 0.29) is 12.4 Å². The number of ketones is 1. The van der Waals surface area contributed by atoms with E-state index in [0.29, 0.717) is 25.7 Å². The van der Waals surface area contributed by atoms with Gasteiger partial charge in [0, 0.05) is 12.8 Å². The smallest absolute Gasteiger partial charge is 0.293 e. The third-order valence-corrected chi connectivity index (χ3v) is 1.19. The molecule has 62 valence electrons. The Bertz CT molecular complexity index is 140. The summed E-state index contributed by atoms with van der Waals surface area (Å²) in [6, 6.07) is 0. The van der Waals surface area contributed by atoms with Gasteiger partial charge >= 0.3 is 0 Å². The highest BCUT2D eigenvalue weighted by Crippen LogP contribution is 1.95. The lowest BCUT2D eigenvalue weighted by atomic mass is 10.2. The second-order valence-corrected chi connectivity index (χ2v) is 2.08. The van der Waals surface area contributed by atoms with Crippen molar-refractivity contribution in [3.63, 3.8) is 0 Å². The van der Waals surface area contributed by atoms with Crippen molar-refractivity contribution < 1.29 is 14.3 Å². The molecule has 0 radical (unpaired) electrons. The molecule has 0 unspecified atom stereocenters. The number of ether oxygens (including phenoxy) is 1. The molecule has 0 aliphatic rings. The minimum absolute atomic E-state index is 0.103. The van der Waals surface area contributed by atoms with E-state index in [2.05, 4.69) is 11.3 Å². The van der Waals surface area contributed by atoms with Gasteiger partial charge in [-0.3, -0.25) is 9.59 Å². The van der Waals surface area contributed by atoms with Gasteiger partial charge in [-0.25, -0.2) is 0 Å². The molecule has 0 fully saturated rings. The van der Waals surface area contributed by atoms with Crippen molar-refractivity contribution in [3.8, 4) is 0 Å². The van der Waals surface area contributed by atoms with Gasteiger partial charge in [0.25, 0.3) is 6.47 Å². The average molecular weight is 156 g/mol. The van der Waals surface area contributed by atoms with Crippen LogP contribution in [0.3, 0.4) is 0 Å². The van der Waals surface area contributed by atoms with E-state index in [9.17, 15) is 9.59 Å². The van der Waals surface area contributed by atoms with Gasteiger partial charge in [-0.2, -0.15) is 0 Å². The number of hydrogen-bond donors (Lipinski definition) is 0. The molecule has 0 bridgehead atoms. The van der Waals surface area contributed by atoms with Crippen molar-refractivity contribution in [2.24, 2.45) is 0 Å². The summed E-state index contributed by atoms with van der Waals surface area (Å²) in [5.41, 5.74) is 0. The second kappa shape index (κ2) is 6.99. The molecule has 0 rings (SSSR count). The van der Waals surface area contributed by atoms with Crippen LogP contribution in [0.4, 0.5) is 0 Å². The summed E-state index contributed by atoms with van der Waals surface area (Å²) in [5, 5.41) is 0. The fourth-order valence-electron chi connectivity index (χ4n) is 0.609. The molecular weight excluding hydrogens is 144 g/mol. The van der Waals surface area contributed by atoms with E-state index >= 15 is 0 Å². The summed E-state index contributed by atoms with van der Waals surface area (Å²) in [5.74, 6) is 0.103. The van der Waals surface area contributed by atoms with Crippen LogP contribution in [0.2, 0.25) is 0 Å². The van der Waals surface area contributed by atoms with Crippen molar-refractivity contribution in [1.82, 2.24) is 0 Å². The molecule has 0 atom stereocenters. The van der Waals surface area contributed by atoms with Crippen LogP contribution in [0.5, 0.6) is 0 Å². The number of hydrogen-bond acceptors (Lipinski definition) is 3. The monoisotopic (exact) mass is 156 g/mol. The summed E-state index contributed by atoms with van der Waals surface area (Å²) < 4.78 is 4.36. The standard InChI is InChI=1S/C8H12O3/c1-2-3-4-8(10)5-6-11-7-9/h2,7H,1,3-6H2. The molecule has 0 aliphatic heterocycles. The summed E-state index contributed by atoms with van der Waals surface area (Å²) in [6.45, 7) is 4.03. The first-order valence-electron chi connectivity index (χ1n) is 3.49. The number of carbonyl (C=O) groups is 2. The summed E-state index contributed by atoms with van der Waals surface area (Å²) in [4.78, 5) is 20.5. The molecule has 0 saturated heterocycles. The van der Waals surface area contributed by atoms with Gasteiger partial charge in [0.15, 0.2) is 0 Å². The van der Waals surface area contributed by atoms with Crippen molar-refractivity contribution in [3.05, 3.63) is 12.7 Å². The first kappa shape index (κ1) is 9.88. The van der Waals surface area contributed by atoms with E-state index in [4.69, 9.17) is 0 Å². The lowest BCUT2D eigenvalue weighted by Crippen LogP contribution is -2.02. The number of rotatable bonds is 7. The number of carbonyl (C=O) groups excluding carboxylic acids is 2. The van der Waals surface area contributed by atoms with Crippen LogP contribution in [0.15, 0.2) is 12.7 Å². The lowest BCUT2D eigenvalue weighted by molar-refractivity contribution is -0.130. The SMILES string of the molecule is C=CCCC(=O)CCOC=O. The second-order valence-electron chi connectivity index (χ2n) is 2.08. The van der Waals surface area contributed by atoms with Crippen LogP contribution in [0.25, 0.3) is 0 Å². The quantitative estimate of drug-likeness (QED) is 0.315. The third-order valence-electron chi connectivity index (χ3n) is 1.19. The predicted molar refractivity (Wildman–Crippen MR) is 41.1 cm³/mol. The molecule has 0 N–H and O–H groups in total. The Balaban J connectivity index is 3.21. The minimum Gasteiger partial charge on any atom is -0.467 e. The zero-order chi connectivity index (χ0) is 8.53. The zero-order valence-corrected chi connectivity index (χ0v) is 6.41. The van der Waals surface area contributed by atoms with Crippen LogP contribution in [-0.4, -0.2) is 18.9 Å². The van der Waals surface area contributed by atoms with Crippen molar-refractivity contribution in [1.29, 1.82) is 0 Å². The van der Waals surface area contributed by atoms with Gasteiger partial charge in [0.05, 0.1) is 6.61 Å². The highest BCUT2D eigenvalue weighted by Gasteiger charge is 1.99. The van der Waals surface area contributed by atoms with E-state index in [1.54, 1.807) is 6.08 Å². The van der Waals surface area contributed by atoms with Crippen LogP contribution < -0.4 is 0 Å². The molecule has 0 saturated carbocycles. The van der Waals surface area contributed by atoms with Gasteiger partial charge in [-0.15, -0.1) is 6.58 Å². The van der Waals surface area contributed by atoms with Crippen LogP contribution in [0, 0.1) is 0 Å². The van der Waals surface area contributed by atoms with E-state index in [1.807, 2.05) is 0 Å². The molecule has 3 nitrogen and oxygen atoms in total. The molecule has 0 aromatic carbocycles. The van der Waals surface area contributed by atoms with Gasteiger partial charge in [-0.1, -0.05) is 6.08 Å². The third kappa shape index (κ3) is 6.77.